The zero-order chi connectivity index (χ0) is 20.6. The normalized spacial score (nSPS) is 14.0. The molecule has 0 saturated carbocycles. The minimum atomic E-state index is -0.184. The van der Waals surface area contributed by atoms with Gasteiger partial charge in [-0.3, -0.25) is 9.59 Å². The summed E-state index contributed by atoms with van der Waals surface area (Å²) in [7, 11) is 1.47. The average Bonchev–Trinajstić information content (AvgIpc) is 2.77. The molecule has 0 aromatic heterocycles. The summed E-state index contributed by atoms with van der Waals surface area (Å²) in [4.78, 5) is 26.1. The number of nitrogens with zero attached hydrogens (tertiary/aromatic N) is 1. The first-order valence-electron chi connectivity index (χ1n) is 9.24. The SMILES string of the molecule is COc1ccc(C=CC(=O)c2ccc(OCC(=O)N3CCOCC3)cc2)cc1O. The van der Waals surface area contributed by atoms with Gasteiger partial charge in [-0.05, 0) is 48.0 Å². The van der Waals surface area contributed by atoms with E-state index in [1.165, 1.54) is 19.3 Å². The predicted octanol–water partition coefficient (Wildman–Crippen LogP) is 2.53. The first-order chi connectivity index (χ1) is 14.1. The van der Waals surface area contributed by atoms with E-state index in [-0.39, 0.29) is 24.0 Å². The van der Waals surface area contributed by atoms with Gasteiger partial charge in [0.1, 0.15) is 5.75 Å². The first-order valence-corrected chi connectivity index (χ1v) is 9.24. The molecular weight excluding hydrogens is 374 g/mol. The third kappa shape index (κ3) is 5.58. The Kier molecular flexibility index (Phi) is 6.86. The third-order valence-electron chi connectivity index (χ3n) is 4.50. The molecule has 0 radical (unpaired) electrons. The molecule has 7 nitrogen and oxygen atoms in total. The van der Waals surface area contributed by atoms with Crippen molar-refractivity contribution in [2.75, 3.05) is 40.0 Å². The van der Waals surface area contributed by atoms with E-state index in [9.17, 15) is 14.7 Å². The molecule has 0 unspecified atom stereocenters. The molecule has 1 fully saturated rings. The highest BCUT2D eigenvalue weighted by Crippen LogP contribution is 2.26. The molecule has 0 spiro atoms. The standard InChI is InChI=1S/C22H23NO6/c1-27-21-9-3-16(14-20(21)25)2-8-19(24)17-4-6-18(7-5-17)29-15-22(26)23-10-12-28-13-11-23/h2-9,14,25H,10-13,15H2,1H3. The van der Waals surface area contributed by atoms with Crippen molar-refractivity contribution >= 4 is 17.8 Å². The van der Waals surface area contributed by atoms with Crippen molar-refractivity contribution in [3.8, 4) is 17.2 Å². The summed E-state index contributed by atoms with van der Waals surface area (Å²) in [5.74, 6) is 0.633. The fourth-order valence-electron chi connectivity index (χ4n) is 2.84. The molecule has 1 amide bonds. The van der Waals surface area contributed by atoms with E-state index in [0.717, 1.165) is 0 Å². The van der Waals surface area contributed by atoms with Crippen LogP contribution in [0.25, 0.3) is 6.08 Å². The molecule has 2 aromatic rings. The number of rotatable bonds is 7. The molecule has 1 aliphatic heterocycles. The van der Waals surface area contributed by atoms with Crippen molar-refractivity contribution in [1.29, 1.82) is 0 Å². The molecule has 0 aliphatic carbocycles. The van der Waals surface area contributed by atoms with Gasteiger partial charge in [0.2, 0.25) is 0 Å². The van der Waals surface area contributed by atoms with E-state index in [0.29, 0.717) is 48.9 Å². The molecule has 29 heavy (non-hydrogen) atoms. The maximum atomic E-state index is 12.3. The Hall–Kier alpha value is -3.32. The monoisotopic (exact) mass is 397 g/mol. The molecule has 152 valence electrons. The lowest BCUT2D eigenvalue weighted by Crippen LogP contribution is -2.42. The minimum Gasteiger partial charge on any atom is -0.504 e. The number of allylic oxidation sites excluding steroid dienone is 1. The number of morpholine rings is 1. The quantitative estimate of drug-likeness (QED) is 0.571. The van der Waals surface area contributed by atoms with Crippen LogP contribution in [0.4, 0.5) is 0 Å². The smallest absolute Gasteiger partial charge is 0.260 e. The number of phenolic OH excluding ortho intramolecular Hbond substituents is 1. The maximum absolute atomic E-state index is 12.3. The van der Waals surface area contributed by atoms with Gasteiger partial charge < -0.3 is 24.2 Å². The van der Waals surface area contributed by atoms with Crippen LogP contribution >= 0.6 is 0 Å². The molecule has 3 rings (SSSR count). The second kappa shape index (κ2) is 9.75. The summed E-state index contributed by atoms with van der Waals surface area (Å²) >= 11 is 0. The fraction of sp³-hybridized carbons (Fsp3) is 0.273. The van der Waals surface area contributed by atoms with Crippen LogP contribution in [-0.2, 0) is 9.53 Å². The number of amides is 1. The molecular formula is C22H23NO6. The summed E-state index contributed by atoms with van der Waals surface area (Å²) in [6.07, 6.45) is 3.05. The van der Waals surface area contributed by atoms with E-state index in [2.05, 4.69) is 0 Å². The van der Waals surface area contributed by atoms with Gasteiger partial charge in [-0.1, -0.05) is 12.1 Å². The summed E-state index contributed by atoms with van der Waals surface area (Å²) in [6, 6.07) is 11.5. The maximum Gasteiger partial charge on any atom is 0.260 e. The van der Waals surface area contributed by atoms with Gasteiger partial charge in [0.25, 0.3) is 5.91 Å². The van der Waals surface area contributed by atoms with Crippen LogP contribution < -0.4 is 9.47 Å². The van der Waals surface area contributed by atoms with E-state index in [1.54, 1.807) is 47.4 Å². The third-order valence-corrected chi connectivity index (χ3v) is 4.50. The van der Waals surface area contributed by atoms with Gasteiger partial charge >= 0.3 is 0 Å². The number of phenols is 1. The lowest BCUT2D eigenvalue weighted by molar-refractivity contribution is -0.137. The van der Waals surface area contributed by atoms with Crippen molar-refractivity contribution < 1.29 is 28.9 Å². The zero-order valence-corrected chi connectivity index (χ0v) is 16.2. The number of ether oxygens (including phenoxy) is 3. The number of ketones is 1. The van der Waals surface area contributed by atoms with Crippen LogP contribution in [0.2, 0.25) is 0 Å². The van der Waals surface area contributed by atoms with Crippen molar-refractivity contribution in [3.63, 3.8) is 0 Å². The highest BCUT2D eigenvalue weighted by Gasteiger charge is 2.17. The van der Waals surface area contributed by atoms with Crippen molar-refractivity contribution in [1.82, 2.24) is 4.90 Å². The Morgan fingerprint density at radius 3 is 2.52 bits per heavy atom. The molecule has 1 saturated heterocycles. The first kappa shape index (κ1) is 20.4. The number of benzene rings is 2. The molecule has 1 aliphatic rings. The van der Waals surface area contributed by atoms with Crippen LogP contribution in [0.3, 0.4) is 0 Å². The van der Waals surface area contributed by atoms with E-state index < -0.39 is 0 Å². The minimum absolute atomic E-state index is 0.00947. The van der Waals surface area contributed by atoms with Crippen molar-refractivity contribution in [3.05, 3.63) is 59.7 Å². The second-order valence-corrected chi connectivity index (χ2v) is 6.44. The molecule has 0 bridgehead atoms. The van der Waals surface area contributed by atoms with E-state index >= 15 is 0 Å². The van der Waals surface area contributed by atoms with Crippen LogP contribution in [0.1, 0.15) is 15.9 Å². The number of carbonyl (C=O) groups is 2. The molecule has 1 heterocycles. The predicted molar refractivity (Wildman–Crippen MR) is 107 cm³/mol. The Bertz CT molecular complexity index is 885. The number of methoxy groups -OCH3 is 1. The highest BCUT2D eigenvalue weighted by molar-refractivity contribution is 6.06. The number of hydrogen-bond acceptors (Lipinski definition) is 6. The van der Waals surface area contributed by atoms with E-state index in [4.69, 9.17) is 14.2 Å². The summed E-state index contributed by atoms with van der Waals surface area (Å²) in [5, 5.41) is 9.79. The van der Waals surface area contributed by atoms with E-state index in [1.807, 2.05) is 0 Å². The second-order valence-electron chi connectivity index (χ2n) is 6.44. The van der Waals surface area contributed by atoms with Gasteiger partial charge in [-0.25, -0.2) is 0 Å². The molecule has 2 aromatic carbocycles. The van der Waals surface area contributed by atoms with Gasteiger partial charge in [-0.2, -0.15) is 0 Å². The number of aromatic hydroxyl groups is 1. The Morgan fingerprint density at radius 2 is 1.86 bits per heavy atom. The lowest BCUT2D eigenvalue weighted by atomic mass is 10.1. The van der Waals surface area contributed by atoms with Gasteiger partial charge in [0.05, 0.1) is 20.3 Å². The topological polar surface area (TPSA) is 85.3 Å². The number of hydrogen-bond donors (Lipinski definition) is 1. The number of carbonyl (C=O) groups excluding carboxylic acids is 2. The Labute approximate surface area is 169 Å². The highest BCUT2D eigenvalue weighted by atomic mass is 16.5. The Morgan fingerprint density at radius 1 is 1.14 bits per heavy atom. The van der Waals surface area contributed by atoms with Crippen LogP contribution in [0.5, 0.6) is 17.2 Å². The molecule has 7 heteroatoms. The van der Waals surface area contributed by atoms with Crippen LogP contribution in [0, 0.1) is 0 Å². The Balaban J connectivity index is 1.54. The van der Waals surface area contributed by atoms with Gasteiger partial charge in [0, 0.05) is 18.7 Å². The molecule has 1 N–H and O–H groups in total. The lowest BCUT2D eigenvalue weighted by Gasteiger charge is -2.26. The average molecular weight is 397 g/mol. The van der Waals surface area contributed by atoms with Gasteiger partial charge in [0.15, 0.2) is 23.9 Å². The summed E-state index contributed by atoms with van der Waals surface area (Å²) in [6.45, 7) is 2.20. The van der Waals surface area contributed by atoms with Crippen LogP contribution in [-0.4, -0.2) is 61.7 Å². The largest absolute Gasteiger partial charge is 0.504 e. The zero-order valence-electron chi connectivity index (χ0n) is 16.2. The molecule has 0 atom stereocenters. The van der Waals surface area contributed by atoms with Crippen molar-refractivity contribution in [2.45, 2.75) is 0 Å². The summed E-state index contributed by atoms with van der Waals surface area (Å²) in [5.41, 5.74) is 1.17. The van der Waals surface area contributed by atoms with Gasteiger partial charge in [-0.15, -0.1) is 0 Å². The van der Waals surface area contributed by atoms with Crippen molar-refractivity contribution in [2.24, 2.45) is 0 Å². The summed E-state index contributed by atoms with van der Waals surface area (Å²) < 4.78 is 15.7. The van der Waals surface area contributed by atoms with Crippen LogP contribution in [0.15, 0.2) is 48.5 Å². The fourth-order valence-corrected chi connectivity index (χ4v) is 2.84.